The third-order valence-electron chi connectivity index (χ3n) is 0. The highest BCUT2D eigenvalue weighted by atomic mass is 32.3. The van der Waals surface area contributed by atoms with E-state index >= 15 is 0 Å². The van der Waals surface area contributed by atoms with Crippen LogP contribution in [0, 0.1) is 0 Å². The van der Waals surface area contributed by atoms with Gasteiger partial charge in [-0.2, -0.15) is 0 Å². The average molecular weight is 144 g/mol. The molecule has 0 fully saturated rings. The number of hydrogen-bond donors (Lipinski definition) is 4. The molecule has 0 aromatic rings. The molecule has 0 rings (SSSR count). The number of hydrogen-bond acceptors (Lipinski definition) is 4. The van der Waals surface area contributed by atoms with Crippen LogP contribution in [0.2, 0.25) is 0 Å². The van der Waals surface area contributed by atoms with Gasteiger partial charge in [0, 0.05) is 0 Å². The minimum Gasteiger partial charge on any atom is -0.141 e. The summed E-state index contributed by atoms with van der Waals surface area (Å²) in [5.41, 5.74) is 0. The van der Waals surface area contributed by atoms with Crippen LogP contribution in [0.5, 0.6) is 0 Å². The maximum absolute atomic E-state index is 3.72. The molecule has 0 aromatic heterocycles. The lowest BCUT2D eigenvalue weighted by Gasteiger charge is -2.00. The molecule has 0 nitrogen and oxygen atoms in total. The topological polar surface area (TPSA) is 0 Å². The van der Waals surface area contributed by atoms with Crippen molar-refractivity contribution in [2.75, 3.05) is 0 Å². The van der Waals surface area contributed by atoms with Gasteiger partial charge >= 0.3 is 0 Å². The van der Waals surface area contributed by atoms with Crippen molar-refractivity contribution < 1.29 is 0 Å². The second-order valence-corrected chi connectivity index (χ2v) is 5.40. The molecule has 0 aromatic carbocycles. The largest absolute Gasteiger partial charge is 0.142 e. The quantitative estimate of drug-likeness (QED) is 0.286. The zero-order valence-corrected chi connectivity index (χ0v) is 5.87. The molecule has 0 aliphatic heterocycles. The highest BCUT2D eigenvalue weighted by Crippen LogP contribution is 2.27. The summed E-state index contributed by atoms with van der Waals surface area (Å²) in [6.07, 6.45) is 0. The molecule has 0 aliphatic rings. The summed E-state index contributed by atoms with van der Waals surface area (Å²) in [4.78, 5) is 0. The molecular weight excluding hydrogens is 140 g/mol. The first-order valence-electron chi connectivity index (χ1n) is 0.894. The van der Waals surface area contributed by atoms with Crippen LogP contribution in [0.15, 0.2) is 0 Å². The van der Waals surface area contributed by atoms with Gasteiger partial charge in [0.05, 0.1) is 0 Å². The van der Waals surface area contributed by atoms with Crippen LogP contribution in [-0.4, -0.2) is 2.74 Å². The number of rotatable bonds is 0. The monoisotopic (exact) mass is 144 g/mol. The Morgan fingerprint density at radius 2 is 0.800 bits per heavy atom. The Kier molecular flexibility index (Phi) is 2.44. The van der Waals surface area contributed by atoms with Gasteiger partial charge in [0.2, 0.25) is 0 Å². The van der Waals surface area contributed by atoms with E-state index in [2.05, 4.69) is 50.5 Å². The van der Waals surface area contributed by atoms with Crippen molar-refractivity contribution in [3.8, 4) is 0 Å². The minimum atomic E-state index is -0.722. The Morgan fingerprint density at radius 3 is 0.800 bits per heavy atom. The molecule has 0 saturated heterocycles. The average Bonchev–Trinajstić information content (AvgIpc) is 0.722. The molecule has 0 spiro atoms. The first-order chi connectivity index (χ1) is 2.00. The Morgan fingerprint density at radius 1 is 0.800 bits per heavy atom. The lowest BCUT2D eigenvalue weighted by Crippen LogP contribution is -1.82. The van der Waals surface area contributed by atoms with E-state index in [0.717, 1.165) is 0 Å². The molecule has 0 saturated carbocycles. The maximum atomic E-state index is 3.72. The first-order valence-corrected chi connectivity index (χ1v) is 2.68. The van der Waals surface area contributed by atoms with E-state index in [-0.39, 0.29) is 0 Å². The standard InChI is InChI=1S/CH4S4/c2-1(3,4)5/h2-5H. The van der Waals surface area contributed by atoms with Gasteiger partial charge < -0.3 is 0 Å². The predicted molar refractivity (Wildman–Crippen MR) is 38.7 cm³/mol. The van der Waals surface area contributed by atoms with Gasteiger partial charge in [-0.15, -0.1) is 50.5 Å². The molecule has 0 heterocycles. The van der Waals surface area contributed by atoms with Gasteiger partial charge in [-0.1, -0.05) is 0 Å². The summed E-state index contributed by atoms with van der Waals surface area (Å²) in [5.74, 6) is 0. The molecule has 0 unspecified atom stereocenters. The fourth-order valence-electron chi connectivity index (χ4n) is 0. The molecule has 0 atom stereocenters. The highest BCUT2D eigenvalue weighted by Gasteiger charge is 2.01. The van der Waals surface area contributed by atoms with Gasteiger partial charge in [0.1, 0.15) is 2.74 Å². The summed E-state index contributed by atoms with van der Waals surface area (Å²) < 4.78 is -0.722. The van der Waals surface area contributed by atoms with Crippen molar-refractivity contribution in [1.82, 2.24) is 0 Å². The van der Waals surface area contributed by atoms with E-state index in [9.17, 15) is 0 Å². The smallest absolute Gasteiger partial charge is 0.141 e. The Bertz CT molecular complexity index is 19.1. The van der Waals surface area contributed by atoms with Gasteiger partial charge in [-0.3, -0.25) is 0 Å². The van der Waals surface area contributed by atoms with Crippen molar-refractivity contribution in [2.24, 2.45) is 0 Å². The zero-order chi connectivity index (χ0) is 4.50. The highest BCUT2D eigenvalue weighted by molar-refractivity contribution is 8.31. The summed E-state index contributed by atoms with van der Waals surface area (Å²) >= 11 is 14.9. The Hall–Kier alpha value is 1.40. The molecule has 0 amide bonds. The molecule has 5 heavy (non-hydrogen) atoms. The van der Waals surface area contributed by atoms with Gasteiger partial charge in [-0.05, 0) is 0 Å². The van der Waals surface area contributed by atoms with E-state index < -0.39 is 2.74 Å². The van der Waals surface area contributed by atoms with Crippen molar-refractivity contribution in [1.29, 1.82) is 0 Å². The normalized spacial score (nSPS) is 12.0. The van der Waals surface area contributed by atoms with Crippen LogP contribution in [0.3, 0.4) is 0 Å². The van der Waals surface area contributed by atoms with Crippen molar-refractivity contribution in [3.05, 3.63) is 0 Å². The summed E-state index contributed by atoms with van der Waals surface area (Å²) in [7, 11) is 0. The van der Waals surface area contributed by atoms with E-state index in [1.807, 2.05) is 0 Å². The van der Waals surface area contributed by atoms with Crippen molar-refractivity contribution >= 4 is 50.5 Å². The molecule has 0 N–H and O–H groups in total. The van der Waals surface area contributed by atoms with Crippen molar-refractivity contribution in [2.45, 2.75) is 2.74 Å². The first kappa shape index (κ1) is 6.40. The Labute approximate surface area is 53.4 Å². The van der Waals surface area contributed by atoms with Crippen LogP contribution in [-0.2, 0) is 0 Å². The van der Waals surface area contributed by atoms with E-state index in [0.29, 0.717) is 0 Å². The van der Waals surface area contributed by atoms with Crippen LogP contribution in [0.4, 0.5) is 0 Å². The summed E-state index contributed by atoms with van der Waals surface area (Å²) in [6, 6.07) is 0. The van der Waals surface area contributed by atoms with Crippen molar-refractivity contribution in [3.63, 3.8) is 0 Å². The second kappa shape index (κ2) is 1.91. The summed E-state index contributed by atoms with van der Waals surface area (Å²) in [6.45, 7) is 0. The molecule has 0 radical (unpaired) electrons. The maximum Gasteiger partial charge on any atom is 0.142 e. The number of thiol groups is 4. The third kappa shape index (κ3) is 31.8. The minimum absolute atomic E-state index is 0.722. The predicted octanol–water partition coefficient (Wildman–Crippen LogP) is 1.32. The second-order valence-electron chi connectivity index (χ2n) is 0.600. The van der Waals surface area contributed by atoms with Crippen LogP contribution >= 0.6 is 50.5 Å². The fourth-order valence-corrected chi connectivity index (χ4v) is 0. The van der Waals surface area contributed by atoms with Gasteiger partial charge in [-0.25, -0.2) is 0 Å². The van der Waals surface area contributed by atoms with Gasteiger partial charge in [0.25, 0.3) is 0 Å². The summed E-state index contributed by atoms with van der Waals surface area (Å²) in [5, 5.41) is 0. The molecule has 0 bridgehead atoms. The van der Waals surface area contributed by atoms with Crippen LogP contribution in [0.25, 0.3) is 0 Å². The SMILES string of the molecule is SC(S)(S)S. The van der Waals surface area contributed by atoms with E-state index in [1.165, 1.54) is 0 Å². The molecule has 4 heteroatoms. The Balaban J connectivity index is 3.02. The molecule has 0 aliphatic carbocycles. The molecular formula is CH4S4. The molecule has 32 valence electrons. The fraction of sp³-hybridized carbons (Fsp3) is 1.00. The third-order valence-corrected chi connectivity index (χ3v) is 0. The van der Waals surface area contributed by atoms with Crippen LogP contribution < -0.4 is 0 Å². The lowest BCUT2D eigenvalue weighted by atomic mass is 11.8. The van der Waals surface area contributed by atoms with Crippen LogP contribution in [0.1, 0.15) is 0 Å². The lowest BCUT2D eigenvalue weighted by molar-refractivity contribution is 2.01. The van der Waals surface area contributed by atoms with Gasteiger partial charge in [0.15, 0.2) is 0 Å². The van der Waals surface area contributed by atoms with E-state index in [1.54, 1.807) is 0 Å². The zero-order valence-electron chi connectivity index (χ0n) is 2.29. The van der Waals surface area contributed by atoms with E-state index in [4.69, 9.17) is 0 Å².